The second-order valence-corrected chi connectivity index (χ2v) is 9.24. The minimum Gasteiger partial charge on any atom is -0.347 e. The zero-order valence-electron chi connectivity index (χ0n) is 15.4. The number of rotatable bonds is 4. The Labute approximate surface area is 160 Å². The summed E-state index contributed by atoms with van der Waals surface area (Å²) in [6.45, 7) is 2.36. The Morgan fingerprint density at radius 3 is 2.22 bits per heavy atom. The van der Waals surface area contributed by atoms with Gasteiger partial charge in [-0.05, 0) is 37.1 Å². The van der Waals surface area contributed by atoms with Gasteiger partial charge in [-0.15, -0.1) is 0 Å². The highest BCUT2D eigenvalue weighted by molar-refractivity contribution is 7.89. The van der Waals surface area contributed by atoms with E-state index in [-0.39, 0.29) is 16.8 Å². The van der Waals surface area contributed by atoms with Gasteiger partial charge in [-0.3, -0.25) is 4.79 Å². The van der Waals surface area contributed by atoms with Crippen molar-refractivity contribution in [2.45, 2.75) is 55.2 Å². The lowest BCUT2D eigenvalue weighted by Crippen LogP contribution is -2.47. The molecule has 2 heterocycles. The van der Waals surface area contributed by atoms with Crippen LogP contribution in [0.4, 0.5) is 0 Å². The third kappa shape index (κ3) is 4.03. The number of amides is 1. The van der Waals surface area contributed by atoms with Crippen LogP contribution < -0.4 is 4.72 Å². The fourth-order valence-corrected chi connectivity index (χ4v) is 5.43. The lowest BCUT2D eigenvalue weighted by Gasteiger charge is -2.37. The van der Waals surface area contributed by atoms with Crippen molar-refractivity contribution in [1.29, 1.82) is 0 Å². The van der Waals surface area contributed by atoms with E-state index >= 15 is 0 Å². The Hall–Kier alpha value is -1.48. The van der Waals surface area contributed by atoms with Crippen molar-refractivity contribution in [2.75, 3.05) is 26.3 Å². The summed E-state index contributed by atoms with van der Waals surface area (Å²) >= 11 is 0. The van der Waals surface area contributed by atoms with Crippen molar-refractivity contribution < 1.29 is 22.7 Å². The number of nitrogens with one attached hydrogen (secondary N) is 1. The molecule has 1 spiro atoms. The summed E-state index contributed by atoms with van der Waals surface area (Å²) in [6.07, 6.45) is 5.23. The van der Waals surface area contributed by atoms with Gasteiger partial charge in [-0.1, -0.05) is 12.8 Å². The average Bonchev–Trinajstić information content (AvgIpc) is 3.34. The Morgan fingerprint density at radius 2 is 1.63 bits per heavy atom. The highest BCUT2D eigenvalue weighted by Crippen LogP contribution is 2.31. The molecular formula is C19H26N2O5S. The molecule has 7 nitrogen and oxygen atoms in total. The van der Waals surface area contributed by atoms with E-state index in [1.54, 1.807) is 17.0 Å². The van der Waals surface area contributed by atoms with Gasteiger partial charge >= 0.3 is 0 Å². The van der Waals surface area contributed by atoms with Gasteiger partial charge in [-0.25, -0.2) is 13.1 Å². The predicted octanol–water partition coefficient (Wildman–Crippen LogP) is 1.89. The van der Waals surface area contributed by atoms with Crippen LogP contribution in [0.15, 0.2) is 29.2 Å². The largest absolute Gasteiger partial charge is 0.347 e. The molecule has 3 fully saturated rings. The Morgan fingerprint density at radius 1 is 1.04 bits per heavy atom. The number of sulfonamides is 1. The van der Waals surface area contributed by atoms with Gasteiger partial charge in [0.25, 0.3) is 5.91 Å². The molecular weight excluding hydrogens is 368 g/mol. The SMILES string of the molecule is O=C(c1ccc(S(=O)(=O)NC2CCCC2)cc1)N1CCC2(CC1)OCCO2. The number of ether oxygens (including phenoxy) is 2. The molecule has 1 aliphatic carbocycles. The molecule has 2 aliphatic heterocycles. The summed E-state index contributed by atoms with van der Waals surface area (Å²) < 4.78 is 39.1. The lowest BCUT2D eigenvalue weighted by molar-refractivity contribution is -0.181. The molecule has 8 heteroatoms. The monoisotopic (exact) mass is 394 g/mol. The molecule has 1 aromatic carbocycles. The van der Waals surface area contributed by atoms with Gasteiger partial charge in [0, 0.05) is 37.5 Å². The van der Waals surface area contributed by atoms with Crippen LogP contribution in [0, 0.1) is 0 Å². The average molecular weight is 394 g/mol. The van der Waals surface area contributed by atoms with E-state index < -0.39 is 15.8 Å². The van der Waals surface area contributed by atoms with Gasteiger partial charge in [0.2, 0.25) is 10.0 Å². The molecule has 1 aromatic rings. The number of benzene rings is 1. The normalized spacial score (nSPS) is 23.2. The van der Waals surface area contributed by atoms with Crippen molar-refractivity contribution in [3.63, 3.8) is 0 Å². The quantitative estimate of drug-likeness (QED) is 0.843. The number of nitrogens with zero attached hydrogens (tertiary/aromatic N) is 1. The maximum atomic E-state index is 12.7. The van der Waals surface area contributed by atoms with E-state index in [2.05, 4.69) is 4.72 Å². The topological polar surface area (TPSA) is 84.9 Å². The minimum absolute atomic E-state index is 0.0250. The number of piperidine rings is 1. The molecule has 1 amide bonds. The summed E-state index contributed by atoms with van der Waals surface area (Å²) in [5.74, 6) is -0.601. The number of likely N-dealkylation sites (tertiary alicyclic amines) is 1. The van der Waals surface area contributed by atoms with Crippen molar-refractivity contribution >= 4 is 15.9 Å². The van der Waals surface area contributed by atoms with E-state index in [0.29, 0.717) is 44.7 Å². The van der Waals surface area contributed by atoms with Gasteiger partial charge in [0.1, 0.15) is 0 Å². The van der Waals surface area contributed by atoms with Crippen LogP contribution in [0.1, 0.15) is 48.9 Å². The summed E-state index contributed by atoms with van der Waals surface area (Å²) in [7, 11) is -3.53. The van der Waals surface area contributed by atoms with E-state index in [1.807, 2.05) is 0 Å². The van der Waals surface area contributed by atoms with Crippen LogP contribution in [0.2, 0.25) is 0 Å². The first kappa shape index (κ1) is 18.9. The molecule has 4 rings (SSSR count). The van der Waals surface area contributed by atoms with E-state index in [1.165, 1.54) is 12.1 Å². The Kier molecular flexibility index (Phi) is 5.24. The Bertz CT molecular complexity index is 771. The molecule has 2 saturated heterocycles. The van der Waals surface area contributed by atoms with Crippen molar-refractivity contribution in [3.05, 3.63) is 29.8 Å². The van der Waals surface area contributed by atoms with Crippen LogP contribution >= 0.6 is 0 Å². The van der Waals surface area contributed by atoms with Gasteiger partial charge in [0.15, 0.2) is 5.79 Å². The highest BCUT2D eigenvalue weighted by atomic mass is 32.2. The fraction of sp³-hybridized carbons (Fsp3) is 0.632. The van der Waals surface area contributed by atoms with Crippen LogP contribution in [-0.4, -0.2) is 57.4 Å². The second-order valence-electron chi connectivity index (χ2n) is 7.53. The van der Waals surface area contributed by atoms with Crippen LogP contribution in [-0.2, 0) is 19.5 Å². The van der Waals surface area contributed by atoms with Crippen LogP contribution in [0.25, 0.3) is 0 Å². The van der Waals surface area contributed by atoms with Crippen molar-refractivity contribution in [3.8, 4) is 0 Å². The molecule has 0 bridgehead atoms. The second kappa shape index (κ2) is 7.50. The van der Waals surface area contributed by atoms with E-state index in [4.69, 9.17) is 9.47 Å². The minimum atomic E-state index is -3.53. The number of hydrogen-bond donors (Lipinski definition) is 1. The summed E-state index contributed by atoms with van der Waals surface area (Å²) in [5, 5.41) is 0. The van der Waals surface area contributed by atoms with Crippen LogP contribution in [0.5, 0.6) is 0 Å². The maximum absolute atomic E-state index is 12.7. The third-order valence-electron chi connectivity index (χ3n) is 5.71. The molecule has 0 aromatic heterocycles. The summed E-state index contributed by atoms with van der Waals surface area (Å²) in [4.78, 5) is 14.7. The molecule has 0 atom stereocenters. The van der Waals surface area contributed by atoms with Crippen molar-refractivity contribution in [1.82, 2.24) is 9.62 Å². The van der Waals surface area contributed by atoms with Crippen LogP contribution in [0.3, 0.4) is 0 Å². The maximum Gasteiger partial charge on any atom is 0.253 e. The zero-order chi connectivity index (χ0) is 18.9. The smallest absolute Gasteiger partial charge is 0.253 e. The zero-order valence-corrected chi connectivity index (χ0v) is 16.2. The first-order valence-corrected chi connectivity index (χ1v) is 11.2. The van der Waals surface area contributed by atoms with E-state index in [0.717, 1.165) is 25.7 Å². The summed E-state index contributed by atoms with van der Waals surface area (Å²) in [5.41, 5.74) is 0.499. The number of carbonyl (C=O) groups is 1. The van der Waals surface area contributed by atoms with E-state index in [9.17, 15) is 13.2 Å². The molecule has 3 aliphatic rings. The molecule has 0 unspecified atom stereocenters. The standard InChI is InChI=1S/C19H26N2O5S/c22-18(21-11-9-19(10-12-21)25-13-14-26-19)15-5-7-17(8-6-15)27(23,24)20-16-3-1-2-4-16/h5-8,16,20H,1-4,9-14H2. The predicted molar refractivity (Wildman–Crippen MR) is 98.8 cm³/mol. The molecule has 1 saturated carbocycles. The molecule has 0 radical (unpaired) electrons. The number of hydrogen-bond acceptors (Lipinski definition) is 5. The number of carbonyl (C=O) groups excluding carboxylic acids is 1. The summed E-state index contributed by atoms with van der Waals surface area (Å²) in [6, 6.07) is 6.24. The lowest BCUT2D eigenvalue weighted by atomic mass is 10.0. The molecule has 27 heavy (non-hydrogen) atoms. The fourth-order valence-electron chi connectivity index (χ4n) is 4.13. The highest BCUT2D eigenvalue weighted by Gasteiger charge is 2.40. The Balaban J connectivity index is 1.39. The van der Waals surface area contributed by atoms with Gasteiger partial charge < -0.3 is 14.4 Å². The molecule has 1 N–H and O–H groups in total. The van der Waals surface area contributed by atoms with Gasteiger partial charge in [-0.2, -0.15) is 0 Å². The van der Waals surface area contributed by atoms with Gasteiger partial charge in [0.05, 0.1) is 18.1 Å². The molecule has 148 valence electrons. The first-order chi connectivity index (χ1) is 13.0. The first-order valence-electron chi connectivity index (χ1n) is 9.67. The van der Waals surface area contributed by atoms with Crippen molar-refractivity contribution in [2.24, 2.45) is 0 Å². The third-order valence-corrected chi connectivity index (χ3v) is 7.25.